The fourth-order valence-electron chi connectivity index (χ4n) is 4.20. The Bertz CT molecular complexity index is 1450. The number of rotatable bonds is 8. The highest BCUT2D eigenvalue weighted by atomic mass is 32.2. The van der Waals surface area contributed by atoms with Crippen molar-refractivity contribution in [1.82, 2.24) is 15.1 Å². The van der Waals surface area contributed by atoms with Gasteiger partial charge in [-0.05, 0) is 54.6 Å². The molecule has 9 nitrogen and oxygen atoms in total. The number of hydrogen-bond donors (Lipinski definition) is 1. The summed E-state index contributed by atoms with van der Waals surface area (Å²) in [6.45, 7) is 2.63. The van der Waals surface area contributed by atoms with E-state index in [1.165, 1.54) is 6.07 Å². The van der Waals surface area contributed by atoms with Gasteiger partial charge in [-0.1, -0.05) is 30.0 Å². The van der Waals surface area contributed by atoms with Crippen molar-refractivity contribution in [2.24, 2.45) is 0 Å². The monoisotopic (exact) mass is 547 g/mol. The Hall–Kier alpha value is -4.38. The molecule has 1 fully saturated rings. The second-order valence-corrected chi connectivity index (χ2v) is 9.67. The van der Waals surface area contributed by atoms with Gasteiger partial charge < -0.3 is 24.3 Å². The van der Waals surface area contributed by atoms with Crippen molar-refractivity contribution in [3.8, 4) is 17.2 Å². The molecule has 5 rings (SSSR count). The van der Waals surface area contributed by atoms with E-state index in [0.29, 0.717) is 43.2 Å². The van der Waals surface area contributed by atoms with Crippen LogP contribution >= 0.6 is 11.8 Å². The normalized spacial score (nSPS) is 13.3. The Morgan fingerprint density at radius 1 is 1.00 bits per heavy atom. The van der Waals surface area contributed by atoms with Gasteiger partial charge >= 0.3 is 0 Å². The van der Waals surface area contributed by atoms with Gasteiger partial charge in [0.05, 0.1) is 18.4 Å². The number of amides is 2. The second-order valence-electron chi connectivity index (χ2n) is 8.75. The van der Waals surface area contributed by atoms with Crippen LogP contribution in [0.5, 0.6) is 5.75 Å². The van der Waals surface area contributed by atoms with Gasteiger partial charge in [-0.25, -0.2) is 4.39 Å². The van der Waals surface area contributed by atoms with E-state index in [0.717, 1.165) is 17.4 Å². The molecule has 39 heavy (non-hydrogen) atoms. The van der Waals surface area contributed by atoms with Crippen molar-refractivity contribution in [3.05, 3.63) is 84.2 Å². The smallest absolute Gasteiger partial charge is 0.277 e. The van der Waals surface area contributed by atoms with Crippen LogP contribution in [0.25, 0.3) is 11.5 Å². The maximum Gasteiger partial charge on any atom is 0.277 e. The summed E-state index contributed by atoms with van der Waals surface area (Å²) in [5.41, 5.74) is 2.51. The lowest BCUT2D eigenvalue weighted by Gasteiger charge is -2.36. The molecule has 3 aromatic carbocycles. The van der Waals surface area contributed by atoms with Crippen molar-refractivity contribution in [2.75, 3.05) is 49.3 Å². The lowest BCUT2D eigenvalue weighted by atomic mass is 10.1. The number of nitrogens with zero attached hydrogens (tertiary/aromatic N) is 4. The Morgan fingerprint density at radius 2 is 1.77 bits per heavy atom. The summed E-state index contributed by atoms with van der Waals surface area (Å²) < 4.78 is 24.6. The molecule has 0 bridgehead atoms. The van der Waals surface area contributed by atoms with Gasteiger partial charge in [-0.3, -0.25) is 9.59 Å². The van der Waals surface area contributed by atoms with Crippen LogP contribution in [0.2, 0.25) is 0 Å². The third-order valence-electron chi connectivity index (χ3n) is 6.24. The maximum atomic E-state index is 13.9. The molecular formula is C28H26FN5O4S. The number of anilines is 2. The van der Waals surface area contributed by atoms with Crippen LogP contribution in [0.3, 0.4) is 0 Å². The van der Waals surface area contributed by atoms with Gasteiger partial charge in [0.25, 0.3) is 17.0 Å². The molecule has 0 unspecified atom stereocenters. The zero-order valence-corrected chi connectivity index (χ0v) is 22.0. The highest BCUT2D eigenvalue weighted by molar-refractivity contribution is 7.99. The average Bonchev–Trinajstić information content (AvgIpc) is 3.45. The van der Waals surface area contributed by atoms with Gasteiger partial charge in [-0.2, -0.15) is 0 Å². The molecule has 200 valence electrons. The number of hydrogen-bond acceptors (Lipinski definition) is 8. The average molecular weight is 548 g/mol. The molecule has 1 N–H and O–H groups in total. The van der Waals surface area contributed by atoms with E-state index in [2.05, 4.69) is 20.4 Å². The van der Waals surface area contributed by atoms with Crippen LogP contribution in [-0.4, -0.2) is 66.0 Å². The summed E-state index contributed by atoms with van der Waals surface area (Å²) in [5.74, 6) is 0.0918. The highest BCUT2D eigenvalue weighted by Gasteiger charge is 2.23. The highest BCUT2D eigenvalue weighted by Crippen LogP contribution is 2.26. The maximum absolute atomic E-state index is 13.9. The van der Waals surface area contributed by atoms with E-state index in [1.807, 2.05) is 41.3 Å². The van der Waals surface area contributed by atoms with Gasteiger partial charge in [0, 0.05) is 43.1 Å². The lowest BCUT2D eigenvalue weighted by molar-refractivity contribution is -0.113. The number of methoxy groups -OCH3 is 1. The number of ether oxygens (including phenoxy) is 1. The van der Waals surface area contributed by atoms with Gasteiger partial charge in [0.1, 0.15) is 11.6 Å². The van der Waals surface area contributed by atoms with Crippen LogP contribution in [0.4, 0.5) is 15.8 Å². The number of carbonyl (C=O) groups excluding carboxylic acids is 2. The van der Waals surface area contributed by atoms with E-state index in [-0.39, 0.29) is 34.2 Å². The molecule has 0 spiro atoms. The summed E-state index contributed by atoms with van der Waals surface area (Å²) in [4.78, 5) is 29.3. The van der Waals surface area contributed by atoms with Crippen LogP contribution in [0.15, 0.2) is 82.4 Å². The number of thioether (sulfide) groups is 1. The first-order valence-corrected chi connectivity index (χ1v) is 13.3. The summed E-state index contributed by atoms with van der Waals surface area (Å²) in [7, 11) is 1.58. The first-order valence-electron chi connectivity index (χ1n) is 12.3. The molecule has 2 heterocycles. The first-order chi connectivity index (χ1) is 19.0. The topological polar surface area (TPSA) is 101 Å². The molecule has 1 aromatic heterocycles. The number of benzene rings is 3. The minimum Gasteiger partial charge on any atom is -0.497 e. The van der Waals surface area contributed by atoms with Crippen LogP contribution in [-0.2, 0) is 4.79 Å². The minimum atomic E-state index is -0.456. The van der Waals surface area contributed by atoms with Crippen molar-refractivity contribution in [1.29, 1.82) is 0 Å². The molecular weight excluding hydrogens is 521 g/mol. The summed E-state index contributed by atoms with van der Waals surface area (Å²) in [6, 6.07) is 20.9. The Balaban J connectivity index is 1.09. The number of aromatic nitrogens is 2. The Labute approximate surface area is 229 Å². The second kappa shape index (κ2) is 12.0. The largest absolute Gasteiger partial charge is 0.497 e. The molecule has 4 aromatic rings. The number of carbonyl (C=O) groups is 2. The third kappa shape index (κ3) is 6.37. The zero-order valence-electron chi connectivity index (χ0n) is 21.2. The molecule has 11 heteroatoms. The molecule has 1 aliphatic rings. The van der Waals surface area contributed by atoms with E-state index in [9.17, 15) is 14.0 Å². The van der Waals surface area contributed by atoms with Crippen LogP contribution in [0.1, 0.15) is 10.4 Å². The number of piperazine rings is 1. The van der Waals surface area contributed by atoms with Gasteiger partial charge in [-0.15, -0.1) is 10.2 Å². The van der Waals surface area contributed by atoms with Crippen LogP contribution in [0, 0.1) is 5.82 Å². The summed E-state index contributed by atoms with van der Waals surface area (Å²) in [5, 5.41) is 10.8. The molecule has 1 saturated heterocycles. The first kappa shape index (κ1) is 26.2. The summed E-state index contributed by atoms with van der Waals surface area (Å²) in [6.07, 6.45) is 0. The van der Waals surface area contributed by atoms with Crippen LogP contribution < -0.4 is 15.0 Å². The summed E-state index contributed by atoms with van der Waals surface area (Å²) >= 11 is 1.08. The van der Waals surface area contributed by atoms with E-state index < -0.39 is 5.82 Å². The van der Waals surface area contributed by atoms with E-state index in [1.54, 1.807) is 37.4 Å². The van der Waals surface area contributed by atoms with Crippen molar-refractivity contribution < 1.29 is 23.1 Å². The zero-order chi connectivity index (χ0) is 27.2. The molecule has 0 radical (unpaired) electrons. The predicted molar refractivity (Wildman–Crippen MR) is 147 cm³/mol. The number of nitrogens with one attached hydrogen (secondary N) is 1. The Morgan fingerprint density at radius 3 is 2.51 bits per heavy atom. The standard InChI is InChI=1S/C28H26FN5O4S/c1-37-22-6-4-5-19(17-22)27(36)34-15-13-33(14-16-34)21-11-9-20(10-12-21)30-25(35)18-39-28-32-31-26(38-28)23-7-2-3-8-24(23)29/h2-12,17H,13-16,18H2,1H3,(H,30,35). The minimum absolute atomic E-state index is 0.00605. The van der Waals surface area contributed by atoms with Gasteiger partial charge in [0.2, 0.25) is 5.91 Å². The molecule has 0 saturated carbocycles. The number of halogens is 1. The fraction of sp³-hybridized carbons (Fsp3) is 0.214. The van der Waals surface area contributed by atoms with Crippen molar-refractivity contribution in [2.45, 2.75) is 5.22 Å². The predicted octanol–water partition coefficient (Wildman–Crippen LogP) is 4.58. The van der Waals surface area contributed by atoms with E-state index >= 15 is 0 Å². The quantitative estimate of drug-likeness (QED) is 0.320. The molecule has 2 amide bonds. The third-order valence-corrected chi connectivity index (χ3v) is 7.06. The van der Waals surface area contributed by atoms with Crippen molar-refractivity contribution >= 4 is 35.0 Å². The lowest BCUT2D eigenvalue weighted by Crippen LogP contribution is -2.48. The molecule has 1 aliphatic heterocycles. The fourth-order valence-corrected chi connectivity index (χ4v) is 4.76. The Kier molecular flexibility index (Phi) is 8.07. The molecule has 0 atom stereocenters. The molecule has 0 aliphatic carbocycles. The van der Waals surface area contributed by atoms with E-state index in [4.69, 9.17) is 9.15 Å². The SMILES string of the molecule is COc1cccc(C(=O)N2CCN(c3ccc(NC(=O)CSc4nnc(-c5ccccc5F)o4)cc3)CC2)c1. The van der Waals surface area contributed by atoms with Gasteiger partial charge in [0.15, 0.2) is 0 Å². The van der Waals surface area contributed by atoms with Crippen molar-refractivity contribution in [3.63, 3.8) is 0 Å².